The van der Waals surface area contributed by atoms with Gasteiger partial charge >= 0.3 is 6.03 Å². The second-order valence-electron chi connectivity index (χ2n) is 4.65. The van der Waals surface area contributed by atoms with Crippen LogP contribution in [-0.2, 0) is 0 Å². The van der Waals surface area contributed by atoms with Gasteiger partial charge in [0.2, 0.25) is 0 Å². The number of hydrogen-bond donors (Lipinski definition) is 2. The summed E-state index contributed by atoms with van der Waals surface area (Å²) in [5, 5.41) is 6.64. The van der Waals surface area contributed by atoms with E-state index in [0.29, 0.717) is 34.6 Å². The first-order valence-corrected chi connectivity index (χ1v) is 7.49. The Kier molecular flexibility index (Phi) is 5.92. The van der Waals surface area contributed by atoms with Gasteiger partial charge in [0.15, 0.2) is 0 Å². The summed E-state index contributed by atoms with van der Waals surface area (Å²) >= 11 is 11.8. The van der Waals surface area contributed by atoms with Crippen LogP contribution in [0.2, 0.25) is 10.0 Å². The molecule has 0 bridgehead atoms. The summed E-state index contributed by atoms with van der Waals surface area (Å²) in [5.74, 6) is 0.667. The standard InChI is InChI=1S/C16H16Cl2N2O2/c1-11-5-6-13(18)10-15(11)20-16(21)19-7-8-22-14-4-2-3-12(17)9-14/h2-6,9-10H,7-8H2,1H3,(H2,19,20,21). The fourth-order valence-electron chi connectivity index (χ4n) is 1.79. The largest absolute Gasteiger partial charge is 0.492 e. The van der Waals surface area contributed by atoms with Gasteiger partial charge in [0, 0.05) is 15.7 Å². The van der Waals surface area contributed by atoms with E-state index in [1.54, 1.807) is 36.4 Å². The van der Waals surface area contributed by atoms with Gasteiger partial charge in [0.05, 0.1) is 6.54 Å². The van der Waals surface area contributed by atoms with Crippen molar-refractivity contribution in [2.24, 2.45) is 0 Å². The summed E-state index contributed by atoms with van der Waals surface area (Å²) in [4.78, 5) is 11.8. The summed E-state index contributed by atoms with van der Waals surface area (Å²) in [6.45, 7) is 2.62. The number of benzene rings is 2. The van der Waals surface area contributed by atoms with Gasteiger partial charge in [-0.2, -0.15) is 0 Å². The highest BCUT2D eigenvalue weighted by atomic mass is 35.5. The number of anilines is 1. The minimum absolute atomic E-state index is 0.305. The minimum Gasteiger partial charge on any atom is -0.492 e. The van der Waals surface area contributed by atoms with Crippen LogP contribution in [0.5, 0.6) is 5.75 Å². The van der Waals surface area contributed by atoms with E-state index in [-0.39, 0.29) is 6.03 Å². The lowest BCUT2D eigenvalue weighted by atomic mass is 10.2. The molecule has 0 radical (unpaired) electrons. The molecule has 2 aromatic carbocycles. The molecule has 0 aliphatic carbocycles. The van der Waals surface area contributed by atoms with Crippen molar-refractivity contribution in [2.75, 3.05) is 18.5 Å². The highest BCUT2D eigenvalue weighted by Gasteiger charge is 2.04. The summed E-state index contributed by atoms with van der Waals surface area (Å²) in [6.07, 6.45) is 0. The maximum atomic E-state index is 11.8. The minimum atomic E-state index is -0.305. The van der Waals surface area contributed by atoms with Gasteiger partial charge < -0.3 is 15.4 Å². The van der Waals surface area contributed by atoms with Gasteiger partial charge in [-0.15, -0.1) is 0 Å². The van der Waals surface area contributed by atoms with Gasteiger partial charge in [-0.25, -0.2) is 4.79 Å². The van der Waals surface area contributed by atoms with E-state index < -0.39 is 0 Å². The Morgan fingerprint density at radius 2 is 1.91 bits per heavy atom. The average Bonchev–Trinajstić information content (AvgIpc) is 2.48. The van der Waals surface area contributed by atoms with Crippen LogP contribution in [0.25, 0.3) is 0 Å². The molecule has 0 aliphatic heterocycles. The maximum absolute atomic E-state index is 11.8. The van der Waals surface area contributed by atoms with E-state index in [4.69, 9.17) is 27.9 Å². The predicted octanol–water partition coefficient (Wildman–Crippen LogP) is 4.50. The van der Waals surface area contributed by atoms with E-state index >= 15 is 0 Å². The zero-order valence-electron chi connectivity index (χ0n) is 12.0. The van der Waals surface area contributed by atoms with Crippen LogP contribution in [0.15, 0.2) is 42.5 Å². The predicted molar refractivity (Wildman–Crippen MR) is 90.2 cm³/mol. The number of halogens is 2. The number of carbonyl (C=O) groups is 1. The SMILES string of the molecule is Cc1ccc(Cl)cc1NC(=O)NCCOc1cccc(Cl)c1. The monoisotopic (exact) mass is 338 g/mol. The van der Waals surface area contributed by atoms with Crippen molar-refractivity contribution < 1.29 is 9.53 Å². The van der Waals surface area contributed by atoms with Crippen molar-refractivity contribution in [1.29, 1.82) is 0 Å². The first-order valence-electron chi connectivity index (χ1n) is 6.74. The van der Waals surface area contributed by atoms with Crippen LogP contribution in [0, 0.1) is 6.92 Å². The number of nitrogens with one attached hydrogen (secondary N) is 2. The molecule has 116 valence electrons. The van der Waals surface area contributed by atoms with E-state index in [1.807, 2.05) is 13.0 Å². The van der Waals surface area contributed by atoms with Crippen LogP contribution < -0.4 is 15.4 Å². The zero-order chi connectivity index (χ0) is 15.9. The molecule has 2 rings (SSSR count). The number of aryl methyl sites for hydroxylation is 1. The molecule has 4 nitrogen and oxygen atoms in total. The quantitative estimate of drug-likeness (QED) is 0.788. The second-order valence-corrected chi connectivity index (χ2v) is 5.52. The van der Waals surface area contributed by atoms with Crippen molar-refractivity contribution in [1.82, 2.24) is 5.32 Å². The Hall–Kier alpha value is -1.91. The van der Waals surface area contributed by atoms with E-state index in [9.17, 15) is 4.79 Å². The third kappa shape index (κ3) is 5.13. The first-order chi connectivity index (χ1) is 10.5. The maximum Gasteiger partial charge on any atom is 0.319 e. The molecule has 2 aromatic rings. The molecule has 22 heavy (non-hydrogen) atoms. The normalized spacial score (nSPS) is 10.1. The smallest absolute Gasteiger partial charge is 0.319 e. The van der Waals surface area contributed by atoms with Crippen molar-refractivity contribution in [2.45, 2.75) is 6.92 Å². The van der Waals surface area contributed by atoms with Crippen molar-refractivity contribution in [3.05, 3.63) is 58.1 Å². The fourth-order valence-corrected chi connectivity index (χ4v) is 2.14. The van der Waals surface area contributed by atoms with Crippen LogP contribution in [0.1, 0.15) is 5.56 Å². The molecule has 0 aliphatic rings. The third-order valence-electron chi connectivity index (χ3n) is 2.90. The highest BCUT2D eigenvalue weighted by Crippen LogP contribution is 2.20. The number of amides is 2. The van der Waals surface area contributed by atoms with Crippen LogP contribution in [0.4, 0.5) is 10.5 Å². The van der Waals surface area contributed by atoms with Gasteiger partial charge in [-0.05, 0) is 42.8 Å². The van der Waals surface area contributed by atoms with E-state index in [2.05, 4.69) is 10.6 Å². The lowest BCUT2D eigenvalue weighted by molar-refractivity contribution is 0.247. The lowest BCUT2D eigenvalue weighted by Gasteiger charge is -2.11. The Bertz CT molecular complexity index is 662. The number of carbonyl (C=O) groups excluding carboxylic acids is 1. The zero-order valence-corrected chi connectivity index (χ0v) is 13.5. The van der Waals surface area contributed by atoms with Crippen molar-refractivity contribution in [3.8, 4) is 5.75 Å². The van der Waals surface area contributed by atoms with Crippen LogP contribution in [-0.4, -0.2) is 19.2 Å². The Balaban J connectivity index is 1.75. The molecule has 0 fully saturated rings. The molecule has 0 heterocycles. The van der Waals surface area contributed by atoms with E-state index in [0.717, 1.165) is 5.56 Å². The molecular formula is C16H16Cl2N2O2. The van der Waals surface area contributed by atoms with Crippen LogP contribution >= 0.6 is 23.2 Å². The summed E-state index contributed by atoms with van der Waals surface area (Å²) in [7, 11) is 0. The topological polar surface area (TPSA) is 50.4 Å². The van der Waals surface area contributed by atoms with Crippen molar-refractivity contribution >= 4 is 34.9 Å². The molecule has 0 aromatic heterocycles. The Labute approximate surface area is 139 Å². The Morgan fingerprint density at radius 1 is 1.14 bits per heavy atom. The fraction of sp³-hybridized carbons (Fsp3) is 0.188. The van der Waals surface area contributed by atoms with Crippen molar-refractivity contribution in [3.63, 3.8) is 0 Å². The summed E-state index contributed by atoms with van der Waals surface area (Å²) in [5.41, 5.74) is 1.62. The first kappa shape index (κ1) is 16.5. The number of ether oxygens (including phenoxy) is 1. The van der Waals surface area contributed by atoms with Gasteiger partial charge in [0.25, 0.3) is 0 Å². The lowest BCUT2D eigenvalue weighted by Crippen LogP contribution is -2.32. The van der Waals surface area contributed by atoms with Crippen LogP contribution in [0.3, 0.4) is 0 Å². The molecule has 0 saturated heterocycles. The summed E-state index contributed by atoms with van der Waals surface area (Å²) < 4.78 is 5.48. The molecular weight excluding hydrogens is 323 g/mol. The molecule has 6 heteroatoms. The average molecular weight is 339 g/mol. The van der Waals surface area contributed by atoms with E-state index in [1.165, 1.54) is 0 Å². The number of hydrogen-bond acceptors (Lipinski definition) is 2. The molecule has 0 unspecified atom stereocenters. The number of rotatable bonds is 5. The van der Waals surface area contributed by atoms with Gasteiger partial charge in [0.1, 0.15) is 12.4 Å². The second kappa shape index (κ2) is 7.92. The number of urea groups is 1. The molecule has 2 N–H and O–H groups in total. The molecule has 0 atom stereocenters. The van der Waals surface area contributed by atoms with Gasteiger partial charge in [-0.3, -0.25) is 0 Å². The van der Waals surface area contributed by atoms with Gasteiger partial charge in [-0.1, -0.05) is 35.3 Å². The Morgan fingerprint density at radius 3 is 2.68 bits per heavy atom. The summed E-state index contributed by atoms with van der Waals surface area (Å²) in [6, 6.07) is 12.1. The molecule has 2 amide bonds. The molecule has 0 spiro atoms. The molecule has 0 saturated carbocycles. The highest BCUT2D eigenvalue weighted by molar-refractivity contribution is 6.31. The third-order valence-corrected chi connectivity index (χ3v) is 3.37.